The minimum absolute atomic E-state index is 0.142. The molecule has 1 aromatic heterocycles. The zero-order chi connectivity index (χ0) is 14.6. The number of aromatic nitrogens is 3. The molecule has 1 unspecified atom stereocenters. The number of rotatable bonds is 4. The van der Waals surface area contributed by atoms with E-state index in [1.807, 2.05) is 0 Å². The first-order chi connectivity index (χ1) is 8.70. The number of amides is 2. The number of hydrogen-bond acceptors (Lipinski definition) is 4. The lowest BCUT2D eigenvalue weighted by atomic mass is 9.87. The van der Waals surface area contributed by atoms with Crippen molar-refractivity contribution < 1.29 is 14.7 Å². The highest BCUT2D eigenvalue weighted by Crippen LogP contribution is 2.19. The first-order valence-corrected chi connectivity index (χ1v) is 5.82. The fraction of sp³-hybridized carbons (Fsp3) is 0.636. The van der Waals surface area contributed by atoms with Crippen LogP contribution in [0.3, 0.4) is 0 Å². The second kappa shape index (κ2) is 5.68. The van der Waals surface area contributed by atoms with Gasteiger partial charge in [-0.25, -0.2) is 14.6 Å². The molecule has 8 heteroatoms. The summed E-state index contributed by atoms with van der Waals surface area (Å²) in [6.07, 6.45) is 1.52. The molecule has 1 heterocycles. The molecule has 1 aromatic rings. The highest BCUT2D eigenvalue weighted by molar-refractivity contribution is 5.83. The molecule has 0 fully saturated rings. The van der Waals surface area contributed by atoms with Gasteiger partial charge < -0.3 is 15.7 Å². The monoisotopic (exact) mass is 269 g/mol. The minimum atomic E-state index is -1.07. The van der Waals surface area contributed by atoms with E-state index in [0.29, 0.717) is 5.82 Å². The van der Waals surface area contributed by atoms with Crippen molar-refractivity contribution in [2.24, 2.45) is 12.5 Å². The molecular formula is C11H19N5O3. The lowest BCUT2D eigenvalue weighted by Crippen LogP contribution is -2.52. The van der Waals surface area contributed by atoms with Crippen LogP contribution in [-0.4, -0.2) is 37.9 Å². The average Bonchev–Trinajstić information content (AvgIpc) is 2.67. The Balaban J connectivity index is 2.52. The summed E-state index contributed by atoms with van der Waals surface area (Å²) in [5.74, 6) is -0.612. The Bertz CT molecular complexity index is 463. The number of hydrogen-bond donors (Lipinski definition) is 3. The van der Waals surface area contributed by atoms with E-state index in [-0.39, 0.29) is 6.54 Å². The molecule has 0 aliphatic carbocycles. The Morgan fingerprint density at radius 2 is 2.11 bits per heavy atom. The van der Waals surface area contributed by atoms with E-state index in [1.54, 1.807) is 27.8 Å². The van der Waals surface area contributed by atoms with Gasteiger partial charge in [0.2, 0.25) is 0 Å². The second-order valence-electron chi connectivity index (χ2n) is 5.30. The van der Waals surface area contributed by atoms with Gasteiger partial charge >= 0.3 is 12.0 Å². The van der Waals surface area contributed by atoms with Crippen LogP contribution < -0.4 is 10.6 Å². The lowest BCUT2D eigenvalue weighted by Gasteiger charge is -2.27. The molecule has 1 atom stereocenters. The topological polar surface area (TPSA) is 109 Å². The summed E-state index contributed by atoms with van der Waals surface area (Å²) in [6, 6.07) is -1.53. The van der Waals surface area contributed by atoms with Gasteiger partial charge in [0.05, 0.1) is 6.54 Å². The quantitative estimate of drug-likeness (QED) is 0.719. The molecule has 106 valence electrons. The Kier molecular flexibility index (Phi) is 4.47. The Morgan fingerprint density at radius 1 is 1.47 bits per heavy atom. The molecule has 8 nitrogen and oxygen atoms in total. The SMILES string of the molecule is Cn1cnc(CNC(=O)NC(C(=O)O)C(C)(C)C)n1. The summed E-state index contributed by atoms with van der Waals surface area (Å²) in [5.41, 5.74) is -0.577. The van der Waals surface area contributed by atoms with E-state index in [4.69, 9.17) is 5.11 Å². The Labute approximate surface area is 111 Å². The van der Waals surface area contributed by atoms with Crippen LogP contribution in [0.5, 0.6) is 0 Å². The summed E-state index contributed by atoms with van der Waals surface area (Å²) >= 11 is 0. The molecule has 0 aliphatic rings. The maximum Gasteiger partial charge on any atom is 0.326 e. The van der Waals surface area contributed by atoms with Gasteiger partial charge in [-0.2, -0.15) is 5.10 Å². The van der Waals surface area contributed by atoms with Crippen LogP contribution in [-0.2, 0) is 18.4 Å². The van der Waals surface area contributed by atoms with Gasteiger partial charge in [-0.05, 0) is 5.41 Å². The molecule has 0 radical (unpaired) electrons. The van der Waals surface area contributed by atoms with Crippen LogP contribution in [0.1, 0.15) is 26.6 Å². The van der Waals surface area contributed by atoms with Crippen molar-refractivity contribution in [3.8, 4) is 0 Å². The highest BCUT2D eigenvalue weighted by atomic mass is 16.4. The van der Waals surface area contributed by atoms with Gasteiger partial charge in [-0.15, -0.1) is 0 Å². The van der Waals surface area contributed by atoms with Crippen molar-refractivity contribution >= 4 is 12.0 Å². The first-order valence-electron chi connectivity index (χ1n) is 5.82. The van der Waals surface area contributed by atoms with Crippen molar-refractivity contribution in [3.05, 3.63) is 12.2 Å². The lowest BCUT2D eigenvalue weighted by molar-refractivity contribution is -0.141. The predicted molar refractivity (Wildman–Crippen MR) is 67.3 cm³/mol. The zero-order valence-electron chi connectivity index (χ0n) is 11.5. The fourth-order valence-electron chi connectivity index (χ4n) is 1.46. The van der Waals surface area contributed by atoms with Crippen LogP contribution in [0.2, 0.25) is 0 Å². The third-order valence-electron chi connectivity index (χ3n) is 2.44. The predicted octanol–water partition coefficient (Wildman–Crippen LogP) is 0.114. The zero-order valence-corrected chi connectivity index (χ0v) is 11.5. The number of carboxylic acid groups (broad SMARTS) is 1. The standard InChI is InChI=1S/C11H19N5O3/c1-11(2,3)8(9(17)18)14-10(19)12-5-7-13-6-16(4)15-7/h6,8H,5H2,1-4H3,(H,17,18)(H2,12,14,19). The Hall–Kier alpha value is -2.12. The van der Waals surface area contributed by atoms with E-state index >= 15 is 0 Å². The van der Waals surface area contributed by atoms with Crippen LogP contribution >= 0.6 is 0 Å². The van der Waals surface area contributed by atoms with E-state index < -0.39 is 23.5 Å². The van der Waals surface area contributed by atoms with E-state index in [0.717, 1.165) is 0 Å². The number of nitrogens with zero attached hydrogens (tertiary/aromatic N) is 3. The molecular weight excluding hydrogens is 250 g/mol. The summed E-state index contributed by atoms with van der Waals surface area (Å²) < 4.78 is 1.52. The summed E-state index contributed by atoms with van der Waals surface area (Å²) in [5, 5.41) is 18.0. The first kappa shape index (κ1) is 14.9. The largest absolute Gasteiger partial charge is 0.480 e. The second-order valence-corrected chi connectivity index (χ2v) is 5.30. The van der Waals surface area contributed by atoms with Crippen LogP contribution in [0.25, 0.3) is 0 Å². The van der Waals surface area contributed by atoms with Crippen LogP contribution in [0.15, 0.2) is 6.33 Å². The molecule has 0 bridgehead atoms. The van der Waals surface area contributed by atoms with E-state index in [2.05, 4.69) is 20.7 Å². The molecule has 1 rings (SSSR count). The minimum Gasteiger partial charge on any atom is -0.480 e. The molecule has 19 heavy (non-hydrogen) atoms. The van der Waals surface area contributed by atoms with Crippen molar-refractivity contribution in [1.82, 2.24) is 25.4 Å². The number of carbonyl (C=O) groups excluding carboxylic acids is 1. The van der Waals surface area contributed by atoms with Gasteiger partial charge in [0, 0.05) is 7.05 Å². The number of nitrogens with one attached hydrogen (secondary N) is 2. The third kappa shape index (κ3) is 4.57. The van der Waals surface area contributed by atoms with Gasteiger partial charge in [-0.1, -0.05) is 20.8 Å². The van der Waals surface area contributed by atoms with E-state index in [1.165, 1.54) is 11.0 Å². The summed E-state index contributed by atoms with van der Waals surface area (Å²) in [4.78, 5) is 26.7. The maximum atomic E-state index is 11.6. The normalized spacial score (nSPS) is 12.8. The number of urea groups is 1. The van der Waals surface area contributed by atoms with Gasteiger partial charge in [-0.3, -0.25) is 4.68 Å². The third-order valence-corrected chi connectivity index (χ3v) is 2.44. The number of carbonyl (C=O) groups is 2. The molecule has 0 aromatic carbocycles. The van der Waals surface area contributed by atoms with Crippen molar-refractivity contribution in [2.75, 3.05) is 0 Å². The van der Waals surface area contributed by atoms with Gasteiger partial charge in [0.25, 0.3) is 0 Å². The summed E-state index contributed by atoms with van der Waals surface area (Å²) in [7, 11) is 1.72. The molecule has 0 aliphatic heterocycles. The van der Waals surface area contributed by atoms with E-state index in [9.17, 15) is 9.59 Å². The number of carboxylic acids is 1. The van der Waals surface area contributed by atoms with Crippen molar-refractivity contribution in [2.45, 2.75) is 33.4 Å². The smallest absolute Gasteiger partial charge is 0.326 e. The molecule has 2 amide bonds. The fourth-order valence-corrected chi connectivity index (χ4v) is 1.46. The van der Waals surface area contributed by atoms with Crippen molar-refractivity contribution in [1.29, 1.82) is 0 Å². The molecule has 0 spiro atoms. The molecule has 0 saturated carbocycles. The van der Waals surface area contributed by atoms with Crippen LogP contribution in [0.4, 0.5) is 4.79 Å². The Morgan fingerprint density at radius 3 is 2.53 bits per heavy atom. The van der Waals surface area contributed by atoms with Crippen LogP contribution in [0, 0.1) is 5.41 Å². The maximum absolute atomic E-state index is 11.6. The molecule has 0 saturated heterocycles. The van der Waals surface area contributed by atoms with Gasteiger partial charge in [0.1, 0.15) is 12.4 Å². The van der Waals surface area contributed by atoms with Crippen molar-refractivity contribution in [3.63, 3.8) is 0 Å². The number of aryl methyl sites for hydroxylation is 1. The number of aliphatic carboxylic acids is 1. The highest BCUT2D eigenvalue weighted by Gasteiger charge is 2.32. The molecule has 3 N–H and O–H groups in total. The van der Waals surface area contributed by atoms with Gasteiger partial charge in [0.15, 0.2) is 5.82 Å². The average molecular weight is 269 g/mol. The summed E-state index contributed by atoms with van der Waals surface area (Å²) in [6.45, 7) is 5.37.